The third-order valence-corrected chi connectivity index (χ3v) is 3.14. The van der Waals surface area contributed by atoms with Crippen molar-refractivity contribution >= 4 is 11.6 Å². The van der Waals surface area contributed by atoms with Gasteiger partial charge in [0.1, 0.15) is 0 Å². The zero-order valence-corrected chi connectivity index (χ0v) is 12.1. The molecule has 0 aliphatic carbocycles. The number of nitrogens with zero attached hydrogens (tertiary/aromatic N) is 4. The third kappa shape index (κ3) is 3.20. The third-order valence-electron chi connectivity index (χ3n) is 3.14. The highest BCUT2D eigenvalue weighted by Crippen LogP contribution is 2.14. The van der Waals surface area contributed by atoms with Crippen molar-refractivity contribution in [1.29, 1.82) is 5.26 Å². The van der Waals surface area contributed by atoms with Crippen LogP contribution in [0.15, 0.2) is 30.5 Å². The molecule has 2 N–H and O–H groups in total. The Bertz CT molecular complexity index is 698. The fourth-order valence-corrected chi connectivity index (χ4v) is 2.03. The Morgan fingerprint density at radius 1 is 1.52 bits per heavy atom. The van der Waals surface area contributed by atoms with Crippen LogP contribution in [0, 0.1) is 11.3 Å². The number of aryl methyl sites for hydroxylation is 1. The van der Waals surface area contributed by atoms with E-state index in [-0.39, 0.29) is 11.6 Å². The van der Waals surface area contributed by atoms with Crippen molar-refractivity contribution < 1.29 is 4.79 Å². The van der Waals surface area contributed by atoms with Gasteiger partial charge in [-0.25, -0.2) is 0 Å². The van der Waals surface area contributed by atoms with E-state index in [1.165, 1.54) is 4.90 Å². The summed E-state index contributed by atoms with van der Waals surface area (Å²) < 4.78 is 1.63. The van der Waals surface area contributed by atoms with E-state index < -0.39 is 0 Å². The van der Waals surface area contributed by atoms with Crippen LogP contribution in [-0.2, 0) is 13.1 Å². The SMILES string of the molecule is CCn1cc(N)c(C(=O)N(C)Cc2cccc(C#N)c2)n1. The van der Waals surface area contributed by atoms with Crippen molar-refractivity contribution in [3.05, 3.63) is 47.3 Å². The summed E-state index contributed by atoms with van der Waals surface area (Å²) in [4.78, 5) is 13.9. The highest BCUT2D eigenvalue weighted by atomic mass is 16.2. The van der Waals surface area contributed by atoms with E-state index in [0.29, 0.717) is 24.3 Å². The summed E-state index contributed by atoms with van der Waals surface area (Å²) in [5.74, 6) is -0.234. The number of rotatable bonds is 4. The van der Waals surface area contributed by atoms with Crippen LogP contribution in [-0.4, -0.2) is 27.6 Å². The summed E-state index contributed by atoms with van der Waals surface area (Å²) in [6, 6.07) is 9.24. The Morgan fingerprint density at radius 3 is 2.90 bits per heavy atom. The molecular weight excluding hydrogens is 266 g/mol. The van der Waals surface area contributed by atoms with E-state index in [0.717, 1.165) is 5.56 Å². The van der Waals surface area contributed by atoms with E-state index in [1.807, 2.05) is 13.0 Å². The average molecular weight is 283 g/mol. The van der Waals surface area contributed by atoms with Gasteiger partial charge in [-0.05, 0) is 24.6 Å². The number of benzene rings is 1. The van der Waals surface area contributed by atoms with Crippen LogP contribution in [0.3, 0.4) is 0 Å². The highest BCUT2D eigenvalue weighted by Gasteiger charge is 2.18. The van der Waals surface area contributed by atoms with Crippen molar-refractivity contribution in [2.45, 2.75) is 20.0 Å². The summed E-state index contributed by atoms with van der Waals surface area (Å²) in [7, 11) is 1.69. The molecule has 1 amide bonds. The average Bonchev–Trinajstić information content (AvgIpc) is 2.87. The highest BCUT2D eigenvalue weighted by molar-refractivity contribution is 5.96. The van der Waals surface area contributed by atoms with E-state index in [9.17, 15) is 4.79 Å². The number of hydrogen-bond acceptors (Lipinski definition) is 4. The van der Waals surface area contributed by atoms with Gasteiger partial charge >= 0.3 is 0 Å². The normalized spacial score (nSPS) is 10.1. The van der Waals surface area contributed by atoms with Gasteiger partial charge in [-0.3, -0.25) is 9.48 Å². The minimum absolute atomic E-state index is 0.234. The second kappa shape index (κ2) is 6.09. The van der Waals surface area contributed by atoms with E-state index in [4.69, 9.17) is 11.0 Å². The number of nitrogen functional groups attached to an aromatic ring is 1. The van der Waals surface area contributed by atoms with Gasteiger partial charge in [0.05, 0.1) is 17.3 Å². The number of nitrogens with two attached hydrogens (primary N) is 1. The summed E-state index contributed by atoms with van der Waals surface area (Å²) in [6.45, 7) is 2.98. The molecule has 6 nitrogen and oxygen atoms in total. The van der Waals surface area contributed by atoms with Gasteiger partial charge in [-0.15, -0.1) is 0 Å². The first-order valence-electron chi connectivity index (χ1n) is 6.62. The second-order valence-electron chi connectivity index (χ2n) is 4.76. The minimum Gasteiger partial charge on any atom is -0.396 e. The summed E-state index contributed by atoms with van der Waals surface area (Å²) in [5, 5.41) is 13.1. The van der Waals surface area contributed by atoms with Gasteiger partial charge in [0.15, 0.2) is 5.69 Å². The number of nitriles is 1. The van der Waals surface area contributed by atoms with Crippen molar-refractivity contribution in [1.82, 2.24) is 14.7 Å². The van der Waals surface area contributed by atoms with Crippen LogP contribution >= 0.6 is 0 Å². The fourth-order valence-electron chi connectivity index (χ4n) is 2.03. The lowest BCUT2D eigenvalue weighted by Gasteiger charge is -2.16. The maximum absolute atomic E-state index is 12.4. The molecule has 108 valence electrons. The monoisotopic (exact) mass is 283 g/mol. The molecule has 0 atom stereocenters. The van der Waals surface area contributed by atoms with Gasteiger partial charge in [-0.2, -0.15) is 10.4 Å². The molecule has 1 aromatic carbocycles. The molecule has 0 aliphatic heterocycles. The molecule has 1 aromatic heterocycles. The Kier molecular flexibility index (Phi) is 4.24. The fraction of sp³-hybridized carbons (Fsp3) is 0.267. The number of aromatic nitrogens is 2. The maximum atomic E-state index is 12.4. The first kappa shape index (κ1) is 14.6. The van der Waals surface area contributed by atoms with Crippen LogP contribution < -0.4 is 5.73 Å². The first-order valence-corrected chi connectivity index (χ1v) is 6.62. The number of hydrogen-bond donors (Lipinski definition) is 1. The number of amides is 1. The molecule has 6 heteroatoms. The smallest absolute Gasteiger partial charge is 0.276 e. The molecule has 0 spiro atoms. The lowest BCUT2D eigenvalue weighted by molar-refractivity contribution is 0.0779. The van der Waals surface area contributed by atoms with Crippen LogP contribution in [0.4, 0.5) is 5.69 Å². The summed E-state index contributed by atoms with van der Waals surface area (Å²) in [6.07, 6.45) is 1.65. The summed E-state index contributed by atoms with van der Waals surface area (Å²) in [5.41, 5.74) is 7.92. The van der Waals surface area contributed by atoms with Crippen molar-refractivity contribution in [2.75, 3.05) is 12.8 Å². The zero-order valence-electron chi connectivity index (χ0n) is 12.1. The molecule has 1 heterocycles. The van der Waals surface area contributed by atoms with Gasteiger partial charge in [0, 0.05) is 26.3 Å². The Morgan fingerprint density at radius 2 is 2.29 bits per heavy atom. The quantitative estimate of drug-likeness (QED) is 0.923. The van der Waals surface area contributed by atoms with Crippen molar-refractivity contribution in [3.8, 4) is 6.07 Å². The number of anilines is 1. The molecule has 0 saturated heterocycles. The first-order chi connectivity index (χ1) is 10.0. The molecule has 2 aromatic rings. The van der Waals surface area contributed by atoms with Gasteiger partial charge in [-0.1, -0.05) is 12.1 Å². The Labute approximate surface area is 123 Å². The Balaban J connectivity index is 2.15. The second-order valence-corrected chi connectivity index (χ2v) is 4.76. The van der Waals surface area contributed by atoms with Crippen LogP contribution in [0.5, 0.6) is 0 Å². The molecule has 0 unspecified atom stereocenters. The molecule has 0 fully saturated rings. The maximum Gasteiger partial charge on any atom is 0.276 e. The molecular formula is C15H17N5O. The van der Waals surface area contributed by atoms with E-state index in [1.54, 1.807) is 36.1 Å². The lowest BCUT2D eigenvalue weighted by atomic mass is 10.1. The van der Waals surface area contributed by atoms with E-state index >= 15 is 0 Å². The molecule has 21 heavy (non-hydrogen) atoms. The molecule has 0 saturated carbocycles. The van der Waals surface area contributed by atoms with Crippen LogP contribution in [0.1, 0.15) is 28.5 Å². The van der Waals surface area contributed by atoms with Crippen molar-refractivity contribution in [3.63, 3.8) is 0 Å². The van der Waals surface area contributed by atoms with Crippen molar-refractivity contribution in [2.24, 2.45) is 0 Å². The van der Waals surface area contributed by atoms with Crippen LogP contribution in [0.25, 0.3) is 0 Å². The number of carbonyl (C=O) groups is 1. The van der Waals surface area contributed by atoms with Gasteiger partial charge in [0.25, 0.3) is 5.91 Å². The molecule has 0 bridgehead atoms. The molecule has 2 rings (SSSR count). The molecule has 0 radical (unpaired) electrons. The predicted octanol–water partition coefficient (Wildman–Crippen LogP) is 1.63. The lowest BCUT2D eigenvalue weighted by Crippen LogP contribution is -2.27. The van der Waals surface area contributed by atoms with Gasteiger partial charge < -0.3 is 10.6 Å². The molecule has 0 aliphatic rings. The summed E-state index contributed by atoms with van der Waals surface area (Å²) >= 11 is 0. The largest absolute Gasteiger partial charge is 0.396 e. The Hall–Kier alpha value is -2.81. The van der Waals surface area contributed by atoms with Crippen LogP contribution in [0.2, 0.25) is 0 Å². The van der Waals surface area contributed by atoms with E-state index in [2.05, 4.69) is 11.2 Å². The zero-order chi connectivity index (χ0) is 15.4. The minimum atomic E-state index is -0.234. The standard InChI is InChI=1S/C15H17N5O/c1-3-20-10-13(17)14(18-20)15(21)19(2)9-12-6-4-5-11(7-12)8-16/h4-7,10H,3,9,17H2,1-2H3. The topological polar surface area (TPSA) is 87.9 Å². The number of carbonyl (C=O) groups excluding carboxylic acids is 1. The van der Waals surface area contributed by atoms with Gasteiger partial charge in [0.2, 0.25) is 0 Å². The predicted molar refractivity (Wildman–Crippen MR) is 79.3 cm³/mol.